The van der Waals surface area contributed by atoms with Crippen molar-refractivity contribution < 1.29 is 19.5 Å². The summed E-state index contributed by atoms with van der Waals surface area (Å²) < 4.78 is -0.842. The van der Waals surface area contributed by atoms with E-state index in [1.165, 1.54) is 0 Å². The van der Waals surface area contributed by atoms with E-state index >= 15 is 0 Å². The highest BCUT2D eigenvalue weighted by Crippen LogP contribution is 2.61. The molecule has 0 saturated carbocycles. The second kappa shape index (κ2) is 12.3. The number of fused-ring (bicyclic) bond motifs is 2. The van der Waals surface area contributed by atoms with Crippen LogP contribution in [0.1, 0.15) is 31.2 Å². The number of benzene rings is 2. The Bertz CT molecular complexity index is 1380. The van der Waals surface area contributed by atoms with E-state index in [4.69, 9.17) is 11.6 Å². The van der Waals surface area contributed by atoms with Gasteiger partial charge in [0.2, 0.25) is 11.8 Å². The van der Waals surface area contributed by atoms with Crippen LogP contribution in [0.4, 0.5) is 5.69 Å². The molecule has 2 aromatic rings. The third-order valence-electron chi connectivity index (χ3n) is 8.90. The van der Waals surface area contributed by atoms with Gasteiger partial charge in [0.15, 0.2) is 0 Å². The molecule has 2 aromatic carbocycles. The zero-order valence-electron chi connectivity index (χ0n) is 23.5. The molecular weight excluding hydrogens is 570 g/mol. The van der Waals surface area contributed by atoms with E-state index in [1.807, 2.05) is 59.5 Å². The molecule has 9 heteroatoms. The van der Waals surface area contributed by atoms with Crippen LogP contribution in [0.3, 0.4) is 0 Å². The molecule has 0 bridgehead atoms. The Kier molecular flexibility index (Phi) is 8.48. The minimum absolute atomic E-state index is 0.0280. The van der Waals surface area contributed by atoms with Crippen LogP contribution in [0.2, 0.25) is 5.02 Å². The summed E-state index contributed by atoms with van der Waals surface area (Å²) in [6.45, 7) is 1.93. The van der Waals surface area contributed by atoms with Crippen molar-refractivity contribution >= 4 is 46.8 Å². The molecule has 0 aromatic heterocycles. The second-order valence-corrected chi connectivity index (χ2v) is 13.4. The van der Waals surface area contributed by atoms with Crippen molar-refractivity contribution in [2.75, 3.05) is 31.1 Å². The molecule has 220 valence electrons. The van der Waals surface area contributed by atoms with Gasteiger partial charge in [-0.15, -0.1) is 11.8 Å². The monoisotopic (exact) mass is 605 g/mol. The number of hydrogen-bond acceptors (Lipinski definition) is 5. The first-order valence-corrected chi connectivity index (χ1v) is 16.0. The van der Waals surface area contributed by atoms with Crippen molar-refractivity contribution in [3.05, 3.63) is 89.5 Å². The summed E-state index contributed by atoms with van der Waals surface area (Å²) in [5.41, 5.74) is 1.77. The first kappa shape index (κ1) is 29.0. The third kappa shape index (κ3) is 5.18. The lowest BCUT2D eigenvalue weighted by Gasteiger charge is -2.35. The van der Waals surface area contributed by atoms with Gasteiger partial charge in [-0.25, -0.2) is 0 Å². The van der Waals surface area contributed by atoms with Gasteiger partial charge >= 0.3 is 0 Å². The molecule has 4 aliphatic heterocycles. The molecule has 4 heterocycles. The lowest BCUT2D eigenvalue weighted by atomic mass is 9.78. The molecule has 3 amide bonds. The smallest absolute Gasteiger partial charge is 0.251 e. The number of amides is 3. The van der Waals surface area contributed by atoms with Gasteiger partial charge in [-0.2, -0.15) is 0 Å². The van der Waals surface area contributed by atoms with Crippen molar-refractivity contribution in [2.24, 2.45) is 11.8 Å². The number of anilines is 1. The molecule has 2 fully saturated rings. The molecule has 2 saturated heterocycles. The van der Waals surface area contributed by atoms with Gasteiger partial charge in [0.1, 0.15) is 6.04 Å². The fourth-order valence-corrected chi connectivity index (χ4v) is 9.11. The van der Waals surface area contributed by atoms with Gasteiger partial charge in [0.25, 0.3) is 5.91 Å². The Morgan fingerprint density at radius 1 is 0.881 bits per heavy atom. The number of unbranched alkanes of at least 4 members (excludes halogenated alkanes) is 3. The predicted molar refractivity (Wildman–Crippen MR) is 166 cm³/mol. The number of nitrogens with zero attached hydrogens (tertiary/aromatic N) is 3. The van der Waals surface area contributed by atoms with Crippen molar-refractivity contribution in [2.45, 2.75) is 48.3 Å². The SMILES string of the molecule is O=C1[C@@H]2[C@H]3C(=O)N(CCCCCCO)C4C(=O)N(c5ccc(Cl)cc5)CC=C[C@@]43S[C@@H]2C=CCN1Cc1ccccc1. The van der Waals surface area contributed by atoms with Gasteiger partial charge in [-0.3, -0.25) is 14.4 Å². The molecule has 1 unspecified atom stereocenters. The Hall–Kier alpha value is -3.07. The molecule has 4 aliphatic rings. The van der Waals surface area contributed by atoms with E-state index in [0.717, 1.165) is 30.5 Å². The highest BCUT2D eigenvalue weighted by atomic mass is 35.5. The third-order valence-corrected chi connectivity index (χ3v) is 10.9. The molecule has 6 rings (SSSR count). The summed E-state index contributed by atoms with van der Waals surface area (Å²) >= 11 is 7.75. The van der Waals surface area contributed by atoms with Gasteiger partial charge in [-0.05, 0) is 42.7 Å². The van der Waals surface area contributed by atoms with E-state index < -0.39 is 22.6 Å². The average Bonchev–Trinajstić information content (AvgIpc) is 3.31. The Labute approximate surface area is 256 Å². The van der Waals surface area contributed by atoms with E-state index in [9.17, 15) is 19.5 Å². The Balaban J connectivity index is 1.35. The second-order valence-electron chi connectivity index (χ2n) is 11.5. The molecule has 1 N–H and O–H groups in total. The maximum Gasteiger partial charge on any atom is 0.251 e. The van der Waals surface area contributed by atoms with Gasteiger partial charge in [0.05, 0.1) is 16.6 Å². The normalized spacial score (nSPS) is 28.5. The number of hydrogen-bond donors (Lipinski definition) is 1. The summed E-state index contributed by atoms with van der Waals surface area (Å²) in [6.07, 6.45) is 11.3. The standard InChI is InChI=1S/C33H36ClN3O4S/c34-24-13-15-25(16-14-24)36-20-9-17-33-28(31(40)37(29(33)32(36)41)19-6-1-2-7-21-38)27-26(42-33)12-8-18-35(30(27)39)22-23-10-4-3-5-11-23/h3-5,8-17,26-29,38H,1-2,6-7,18-22H2/t26-,27+,28+,29?,33+/m1/s1. The summed E-state index contributed by atoms with van der Waals surface area (Å²) in [6, 6.07) is 16.4. The maximum absolute atomic E-state index is 14.5. The average molecular weight is 606 g/mol. The minimum Gasteiger partial charge on any atom is -0.396 e. The lowest BCUT2D eigenvalue weighted by molar-refractivity contribution is -0.143. The van der Waals surface area contributed by atoms with Gasteiger partial charge in [0, 0.05) is 48.7 Å². The lowest BCUT2D eigenvalue weighted by Crippen LogP contribution is -2.53. The van der Waals surface area contributed by atoms with Crippen LogP contribution in [0.5, 0.6) is 0 Å². The van der Waals surface area contributed by atoms with Gasteiger partial charge in [-0.1, -0.05) is 79.1 Å². The number of thioether (sulfide) groups is 1. The molecule has 5 atom stereocenters. The quantitative estimate of drug-likeness (QED) is 0.331. The van der Waals surface area contributed by atoms with Crippen molar-refractivity contribution in [3.8, 4) is 0 Å². The number of aliphatic hydroxyl groups excluding tert-OH is 1. The largest absolute Gasteiger partial charge is 0.396 e. The van der Waals surface area contributed by atoms with E-state index in [0.29, 0.717) is 37.6 Å². The number of carbonyl (C=O) groups excluding carboxylic acids is 3. The molecular formula is C33H36ClN3O4S. The van der Waals surface area contributed by atoms with Crippen molar-refractivity contribution in [1.82, 2.24) is 9.80 Å². The predicted octanol–water partition coefficient (Wildman–Crippen LogP) is 4.69. The van der Waals surface area contributed by atoms with Crippen LogP contribution in [0.15, 0.2) is 78.9 Å². The van der Waals surface area contributed by atoms with Crippen molar-refractivity contribution in [3.63, 3.8) is 0 Å². The molecule has 42 heavy (non-hydrogen) atoms. The highest BCUT2D eigenvalue weighted by molar-refractivity contribution is 8.02. The fraction of sp³-hybridized carbons (Fsp3) is 0.424. The van der Waals surface area contributed by atoms with E-state index in [-0.39, 0.29) is 29.6 Å². The van der Waals surface area contributed by atoms with E-state index in [2.05, 4.69) is 12.2 Å². The van der Waals surface area contributed by atoms with Crippen molar-refractivity contribution in [1.29, 1.82) is 0 Å². The van der Waals surface area contributed by atoms with Gasteiger partial charge < -0.3 is 19.8 Å². The molecule has 0 radical (unpaired) electrons. The number of halogens is 1. The summed E-state index contributed by atoms with van der Waals surface area (Å²) in [5, 5.41) is 9.59. The topological polar surface area (TPSA) is 81.2 Å². The number of rotatable bonds is 9. The zero-order chi connectivity index (χ0) is 29.3. The van der Waals surface area contributed by atoms with Crippen LogP contribution < -0.4 is 4.90 Å². The summed E-state index contributed by atoms with van der Waals surface area (Å²) in [7, 11) is 0. The van der Waals surface area contributed by atoms with Crippen LogP contribution in [0, 0.1) is 11.8 Å². The summed E-state index contributed by atoms with van der Waals surface area (Å²) in [4.78, 5) is 48.5. The molecule has 1 spiro atoms. The first-order valence-electron chi connectivity index (χ1n) is 14.8. The van der Waals surface area contributed by atoms with Crippen LogP contribution in [-0.2, 0) is 20.9 Å². The zero-order valence-corrected chi connectivity index (χ0v) is 25.1. The number of carbonyl (C=O) groups is 3. The fourth-order valence-electron chi connectivity index (χ4n) is 6.98. The number of aliphatic hydroxyl groups is 1. The molecule has 7 nitrogen and oxygen atoms in total. The van der Waals surface area contributed by atoms with Crippen LogP contribution in [0.25, 0.3) is 0 Å². The summed E-state index contributed by atoms with van der Waals surface area (Å²) in [5.74, 6) is -1.45. The first-order chi connectivity index (χ1) is 20.4. The maximum atomic E-state index is 14.5. The Morgan fingerprint density at radius 3 is 2.40 bits per heavy atom. The highest BCUT2D eigenvalue weighted by Gasteiger charge is 2.70. The van der Waals surface area contributed by atoms with E-state index in [1.54, 1.807) is 33.7 Å². The Morgan fingerprint density at radius 2 is 1.64 bits per heavy atom. The minimum atomic E-state index is -0.842. The van der Waals surface area contributed by atoms with Crippen LogP contribution in [-0.4, -0.2) is 74.9 Å². The van der Waals surface area contributed by atoms with Crippen LogP contribution >= 0.6 is 23.4 Å². The number of likely N-dealkylation sites (tertiary alicyclic amines) is 1. The molecule has 0 aliphatic carbocycles.